The van der Waals surface area contributed by atoms with E-state index in [1.807, 2.05) is 0 Å². The van der Waals surface area contributed by atoms with Crippen molar-refractivity contribution in [2.45, 2.75) is 12.8 Å². The molecule has 1 fully saturated rings. The van der Waals surface area contributed by atoms with Gasteiger partial charge in [-0.25, -0.2) is 0 Å². The van der Waals surface area contributed by atoms with Crippen LogP contribution >= 0.6 is 0 Å². The minimum absolute atomic E-state index is 0.182. The first-order chi connectivity index (χ1) is 11.2. The Bertz CT molecular complexity index is 725. The Morgan fingerprint density at radius 2 is 1.88 bits per heavy atom. The molecule has 0 atom stereocenters. The number of hydrogen-bond donors (Lipinski definition) is 2. The number of amides is 2. The van der Waals surface area contributed by atoms with Crippen LogP contribution in [0.1, 0.15) is 23.2 Å². The third-order valence-corrected chi connectivity index (χ3v) is 5.97. The van der Waals surface area contributed by atoms with Crippen molar-refractivity contribution in [2.24, 2.45) is 11.7 Å². The Labute approximate surface area is 141 Å². The Hall–Kier alpha value is -1.97. The maximum absolute atomic E-state index is 12.3. The van der Waals surface area contributed by atoms with Crippen LogP contribution in [0, 0.1) is 5.92 Å². The molecule has 0 bridgehead atoms. The van der Waals surface area contributed by atoms with E-state index < -0.39 is 16.1 Å². The number of nitrogens with one attached hydrogen (secondary N) is 1. The lowest BCUT2D eigenvalue weighted by atomic mass is 9.97. The van der Waals surface area contributed by atoms with Crippen molar-refractivity contribution >= 4 is 27.7 Å². The van der Waals surface area contributed by atoms with Crippen molar-refractivity contribution in [3.63, 3.8) is 0 Å². The second-order valence-corrected chi connectivity index (χ2v) is 8.04. The SMILES string of the molecule is CN(C)S(=O)(=O)N1CCC(C(=O)Nc2cccc(C(N)=O)c2)CC1. The van der Waals surface area contributed by atoms with Crippen molar-refractivity contribution in [1.29, 1.82) is 0 Å². The molecule has 1 saturated heterocycles. The largest absolute Gasteiger partial charge is 0.366 e. The lowest BCUT2D eigenvalue weighted by molar-refractivity contribution is -0.120. The zero-order valence-corrected chi connectivity index (χ0v) is 14.5. The Kier molecular flexibility index (Phi) is 5.58. The van der Waals surface area contributed by atoms with Crippen LogP contribution in [0.5, 0.6) is 0 Å². The minimum Gasteiger partial charge on any atom is -0.366 e. The first-order valence-corrected chi connectivity index (χ1v) is 9.00. The standard InChI is InChI=1S/C15H22N4O4S/c1-18(2)24(22,23)19-8-6-11(7-9-19)15(21)17-13-5-3-4-12(10-13)14(16)20/h3-5,10-11H,6-9H2,1-2H3,(H2,16,20)(H,17,21). The summed E-state index contributed by atoms with van der Waals surface area (Å²) in [4.78, 5) is 23.5. The number of anilines is 1. The summed E-state index contributed by atoms with van der Waals surface area (Å²) in [6.45, 7) is 0.611. The Morgan fingerprint density at radius 1 is 1.25 bits per heavy atom. The molecule has 1 heterocycles. The zero-order valence-electron chi connectivity index (χ0n) is 13.7. The lowest BCUT2D eigenvalue weighted by Crippen LogP contribution is -2.46. The van der Waals surface area contributed by atoms with Crippen molar-refractivity contribution in [2.75, 3.05) is 32.5 Å². The van der Waals surface area contributed by atoms with Gasteiger partial charge in [0.1, 0.15) is 0 Å². The van der Waals surface area contributed by atoms with Crippen LogP contribution < -0.4 is 11.1 Å². The van der Waals surface area contributed by atoms with E-state index >= 15 is 0 Å². The van der Waals surface area contributed by atoms with Gasteiger partial charge in [0.2, 0.25) is 11.8 Å². The molecule has 3 N–H and O–H groups in total. The average molecular weight is 354 g/mol. The summed E-state index contributed by atoms with van der Waals surface area (Å²) < 4.78 is 26.7. The zero-order chi connectivity index (χ0) is 17.9. The van der Waals surface area contributed by atoms with E-state index in [-0.39, 0.29) is 11.8 Å². The third-order valence-electron chi connectivity index (χ3n) is 4.03. The maximum atomic E-state index is 12.3. The number of nitrogens with two attached hydrogens (primary N) is 1. The summed E-state index contributed by atoms with van der Waals surface area (Å²) in [6, 6.07) is 6.41. The van der Waals surface area contributed by atoms with Gasteiger partial charge in [0, 0.05) is 44.4 Å². The number of primary amides is 1. The quantitative estimate of drug-likeness (QED) is 0.788. The number of piperidine rings is 1. The second-order valence-electron chi connectivity index (χ2n) is 5.90. The van der Waals surface area contributed by atoms with E-state index in [0.717, 1.165) is 0 Å². The fourth-order valence-corrected chi connectivity index (χ4v) is 3.71. The van der Waals surface area contributed by atoms with Crippen molar-refractivity contribution in [3.8, 4) is 0 Å². The topological polar surface area (TPSA) is 113 Å². The summed E-state index contributed by atoms with van der Waals surface area (Å²) in [6.07, 6.45) is 0.906. The van der Waals surface area contributed by atoms with Crippen LogP contribution in [0.2, 0.25) is 0 Å². The smallest absolute Gasteiger partial charge is 0.281 e. The Balaban J connectivity index is 1.96. The summed E-state index contributed by atoms with van der Waals surface area (Å²) in [7, 11) is -0.468. The molecule has 1 aliphatic heterocycles. The molecule has 1 aromatic rings. The lowest BCUT2D eigenvalue weighted by Gasteiger charge is -2.32. The Morgan fingerprint density at radius 3 is 2.42 bits per heavy atom. The molecule has 132 valence electrons. The second kappa shape index (κ2) is 7.29. The highest BCUT2D eigenvalue weighted by molar-refractivity contribution is 7.86. The number of carbonyl (C=O) groups is 2. The molecular weight excluding hydrogens is 332 g/mol. The summed E-state index contributed by atoms with van der Waals surface area (Å²) >= 11 is 0. The summed E-state index contributed by atoms with van der Waals surface area (Å²) in [5.41, 5.74) is 6.04. The van der Waals surface area contributed by atoms with Crippen LogP contribution in [0.3, 0.4) is 0 Å². The monoisotopic (exact) mass is 354 g/mol. The molecule has 2 rings (SSSR count). The number of nitrogens with zero attached hydrogens (tertiary/aromatic N) is 2. The predicted molar refractivity (Wildman–Crippen MR) is 90.5 cm³/mol. The fraction of sp³-hybridized carbons (Fsp3) is 0.467. The maximum Gasteiger partial charge on any atom is 0.281 e. The van der Waals surface area contributed by atoms with Crippen LogP contribution in [-0.2, 0) is 15.0 Å². The molecule has 0 spiro atoms. The molecule has 1 aromatic carbocycles. The van der Waals surface area contributed by atoms with E-state index in [2.05, 4.69) is 5.32 Å². The number of rotatable bonds is 5. The summed E-state index contributed by atoms with van der Waals surface area (Å²) in [5.74, 6) is -1.01. The molecule has 1 aliphatic rings. The third kappa shape index (κ3) is 4.11. The van der Waals surface area contributed by atoms with Gasteiger partial charge < -0.3 is 11.1 Å². The van der Waals surface area contributed by atoms with Crippen LogP contribution in [0.4, 0.5) is 5.69 Å². The van der Waals surface area contributed by atoms with Gasteiger partial charge in [-0.2, -0.15) is 17.0 Å². The molecule has 0 unspecified atom stereocenters. The van der Waals surface area contributed by atoms with Crippen LogP contribution in [0.15, 0.2) is 24.3 Å². The van der Waals surface area contributed by atoms with E-state index in [9.17, 15) is 18.0 Å². The molecule has 0 aliphatic carbocycles. The summed E-state index contributed by atoms with van der Waals surface area (Å²) in [5, 5.41) is 2.76. The van der Waals surface area contributed by atoms with E-state index in [1.54, 1.807) is 18.2 Å². The average Bonchev–Trinajstić information content (AvgIpc) is 2.55. The van der Waals surface area contributed by atoms with Crippen molar-refractivity contribution in [1.82, 2.24) is 8.61 Å². The molecule has 9 heteroatoms. The highest BCUT2D eigenvalue weighted by atomic mass is 32.2. The predicted octanol–water partition coefficient (Wildman–Crippen LogP) is 0.242. The normalized spacial score (nSPS) is 17.0. The molecule has 8 nitrogen and oxygen atoms in total. The minimum atomic E-state index is -3.44. The van der Waals surface area contributed by atoms with Gasteiger partial charge in [0.25, 0.3) is 10.2 Å². The van der Waals surface area contributed by atoms with E-state index in [0.29, 0.717) is 37.2 Å². The van der Waals surface area contributed by atoms with Gasteiger partial charge in [-0.15, -0.1) is 0 Å². The fourth-order valence-electron chi connectivity index (χ4n) is 2.57. The highest BCUT2D eigenvalue weighted by Crippen LogP contribution is 2.22. The van der Waals surface area contributed by atoms with Crippen LogP contribution in [-0.4, -0.2) is 56.0 Å². The van der Waals surface area contributed by atoms with E-state index in [4.69, 9.17) is 5.73 Å². The molecule has 2 amide bonds. The molecule has 24 heavy (non-hydrogen) atoms. The van der Waals surface area contributed by atoms with Gasteiger partial charge in [-0.05, 0) is 31.0 Å². The van der Waals surface area contributed by atoms with Gasteiger partial charge in [-0.1, -0.05) is 6.07 Å². The van der Waals surface area contributed by atoms with Gasteiger partial charge in [0.05, 0.1) is 0 Å². The first-order valence-electron chi connectivity index (χ1n) is 7.60. The van der Waals surface area contributed by atoms with Crippen LogP contribution in [0.25, 0.3) is 0 Å². The van der Waals surface area contributed by atoms with Gasteiger partial charge >= 0.3 is 0 Å². The molecule has 0 radical (unpaired) electrons. The molecular formula is C15H22N4O4S. The highest BCUT2D eigenvalue weighted by Gasteiger charge is 2.32. The van der Waals surface area contributed by atoms with Gasteiger partial charge in [-0.3, -0.25) is 9.59 Å². The van der Waals surface area contributed by atoms with Gasteiger partial charge in [0.15, 0.2) is 0 Å². The number of carbonyl (C=O) groups excluding carboxylic acids is 2. The van der Waals surface area contributed by atoms with E-state index in [1.165, 1.54) is 28.8 Å². The number of hydrogen-bond acceptors (Lipinski definition) is 4. The van der Waals surface area contributed by atoms with Crippen molar-refractivity contribution in [3.05, 3.63) is 29.8 Å². The molecule has 0 saturated carbocycles. The first kappa shape index (κ1) is 18.4. The number of benzene rings is 1. The molecule has 0 aromatic heterocycles. The van der Waals surface area contributed by atoms with Crippen molar-refractivity contribution < 1.29 is 18.0 Å².